The van der Waals surface area contributed by atoms with Gasteiger partial charge in [-0.2, -0.15) is 28.2 Å². The predicted molar refractivity (Wildman–Crippen MR) is 176 cm³/mol. The van der Waals surface area contributed by atoms with Crippen molar-refractivity contribution in [1.29, 1.82) is 0 Å². The van der Waals surface area contributed by atoms with Crippen molar-refractivity contribution >= 4 is 17.7 Å². The van der Waals surface area contributed by atoms with E-state index < -0.39 is 24.3 Å². The van der Waals surface area contributed by atoms with Gasteiger partial charge in [0.05, 0.1) is 11.4 Å². The van der Waals surface area contributed by atoms with Gasteiger partial charge in [-0.1, -0.05) is 57.2 Å². The van der Waals surface area contributed by atoms with E-state index in [1.165, 1.54) is 16.8 Å². The van der Waals surface area contributed by atoms with E-state index in [1.54, 1.807) is 31.3 Å². The van der Waals surface area contributed by atoms with Gasteiger partial charge in [0.25, 0.3) is 0 Å². The van der Waals surface area contributed by atoms with Crippen LogP contribution in [-0.4, -0.2) is 62.7 Å². The lowest BCUT2D eigenvalue weighted by atomic mass is 9.76. The van der Waals surface area contributed by atoms with Crippen molar-refractivity contribution in [3.63, 3.8) is 0 Å². The number of ether oxygens (including phenoxy) is 1. The minimum absolute atomic E-state index is 0.0448. The second-order valence-electron chi connectivity index (χ2n) is 13.9. The Kier molecular flexibility index (Phi) is 8.61. The van der Waals surface area contributed by atoms with Gasteiger partial charge in [0, 0.05) is 37.5 Å². The van der Waals surface area contributed by atoms with Crippen LogP contribution in [0.15, 0.2) is 60.8 Å². The van der Waals surface area contributed by atoms with Crippen LogP contribution in [0.4, 0.5) is 24.9 Å². The van der Waals surface area contributed by atoms with Gasteiger partial charge in [-0.25, -0.2) is 4.68 Å². The number of nitrogens with two attached hydrogens (primary N) is 1. The van der Waals surface area contributed by atoms with Gasteiger partial charge >= 0.3 is 12.1 Å². The molecule has 0 radical (unpaired) electrons. The highest BCUT2D eigenvalue weighted by atomic mass is 19.4. The number of benzene rings is 2. The summed E-state index contributed by atoms with van der Waals surface area (Å²) >= 11 is 0. The number of nitrogens with one attached hydrogen (secondary N) is 1. The number of nitrogen functional groups attached to an aromatic ring is 1. The second kappa shape index (κ2) is 12.4. The number of carboxylic acids is 1. The van der Waals surface area contributed by atoms with Crippen LogP contribution in [0.5, 0.6) is 5.88 Å². The molecule has 48 heavy (non-hydrogen) atoms. The Labute approximate surface area is 277 Å². The maximum Gasteiger partial charge on any atom is 0.429 e. The van der Waals surface area contributed by atoms with E-state index in [0.717, 1.165) is 16.7 Å². The van der Waals surface area contributed by atoms with Crippen molar-refractivity contribution in [3.05, 3.63) is 77.6 Å². The molecule has 0 amide bonds. The van der Waals surface area contributed by atoms with E-state index in [-0.39, 0.29) is 33.9 Å². The summed E-state index contributed by atoms with van der Waals surface area (Å²) in [6.07, 6.45) is -3.65. The molecule has 2 aromatic carbocycles. The zero-order valence-electron chi connectivity index (χ0n) is 27.4. The lowest BCUT2D eigenvalue weighted by Crippen LogP contribution is -2.41. The molecule has 254 valence electrons. The summed E-state index contributed by atoms with van der Waals surface area (Å²) in [6, 6.07) is 15.3. The van der Waals surface area contributed by atoms with Crippen LogP contribution in [-0.2, 0) is 10.2 Å². The molecule has 0 bridgehead atoms. The molecule has 2 aromatic heterocycles. The molecule has 1 spiro atoms. The van der Waals surface area contributed by atoms with Crippen LogP contribution < -0.4 is 20.7 Å². The fourth-order valence-electron chi connectivity index (χ4n) is 6.62. The number of piperidine rings is 1. The molecular weight excluding hydrogens is 623 g/mol. The molecule has 6 rings (SSSR count). The van der Waals surface area contributed by atoms with Crippen molar-refractivity contribution in [2.45, 2.75) is 70.7 Å². The number of nitrogens with zero attached hydrogens (tertiary/aromatic N) is 5. The standard InChI is InChI=1S/C35H40F3N7O3/c1-21-11-14-45(43-21)27-17-23(22-5-8-24(9-6-22)33(2,3)4)7-10-25(27)30(35(36,37)38)48-29-18-28(41-32(39)42-29)44-15-12-34(13-16-44)19-26(31(46)47)40-20-34/h5-11,14,17-18,26,30,40H,12-13,15-16,19-20H2,1-4H3,(H,46,47)(H2,39,41,42)/t26-,30?/m0/s1. The number of aromatic nitrogens is 4. The zero-order valence-corrected chi connectivity index (χ0v) is 27.4. The number of aliphatic carboxylic acids is 1. The predicted octanol–water partition coefficient (Wildman–Crippen LogP) is 6.23. The van der Waals surface area contributed by atoms with Gasteiger partial charge in [0.2, 0.25) is 17.9 Å². The Hall–Kier alpha value is -4.65. The zero-order chi connectivity index (χ0) is 34.4. The van der Waals surface area contributed by atoms with Crippen LogP contribution in [0, 0.1) is 12.3 Å². The Balaban J connectivity index is 1.30. The summed E-state index contributed by atoms with van der Waals surface area (Å²) in [5.41, 5.74) is 9.26. The highest BCUT2D eigenvalue weighted by molar-refractivity contribution is 5.74. The van der Waals surface area contributed by atoms with Crippen LogP contribution in [0.2, 0.25) is 0 Å². The SMILES string of the molecule is Cc1ccn(-c2cc(-c3ccc(C(C)(C)C)cc3)ccc2C(Oc2cc(N3CCC4(CC3)CN[C@H](C(=O)O)C4)nc(N)n2)C(F)(F)F)n1. The number of alkyl halides is 3. The number of anilines is 2. The summed E-state index contributed by atoms with van der Waals surface area (Å²) < 4.78 is 51.8. The summed E-state index contributed by atoms with van der Waals surface area (Å²) in [4.78, 5) is 21.7. The Bertz CT molecular complexity index is 1790. The van der Waals surface area contributed by atoms with E-state index in [1.807, 2.05) is 29.2 Å². The number of carboxylic acid groups (broad SMARTS) is 1. The number of hydrogen-bond acceptors (Lipinski definition) is 8. The molecular formula is C35H40F3N7O3. The first kappa shape index (κ1) is 33.3. The third-order valence-corrected chi connectivity index (χ3v) is 9.42. The molecule has 2 atom stereocenters. The second-order valence-corrected chi connectivity index (χ2v) is 13.9. The van der Waals surface area contributed by atoms with Gasteiger partial charge in [-0.3, -0.25) is 4.79 Å². The summed E-state index contributed by atoms with van der Waals surface area (Å²) in [5, 5.41) is 16.9. The molecule has 2 aliphatic rings. The molecule has 2 fully saturated rings. The first-order chi connectivity index (χ1) is 22.6. The van der Waals surface area contributed by atoms with Gasteiger partial charge in [0.15, 0.2) is 0 Å². The van der Waals surface area contributed by atoms with Crippen molar-refractivity contribution in [2.24, 2.45) is 5.41 Å². The molecule has 2 saturated heterocycles. The average Bonchev–Trinajstić information content (AvgIpc) is 3.65. The largest absolute Gasteiger partial charge is 0.480 e. The topological polar surface area (TPSA) is 131 Å². The fourth-order valence-corrected chi connectivity index (χ4v) is 6.62. The summed E-state index contributed by atoms with van der Waals surface area (Å²) in [5.74, 6) is -1.03. The number of halogens is 3. The van der Waals surface area contributed by atoms with E-state index >= 15 is 0 Å². The van der Waals surface area contributed by atoms with Crippen LogP contribution >= 0.6 is 0 Å². The van der Waals surface area contributed by atoms with Crippen molar-refractivity contribution in [3.8, 4) is 22.7 Å². The monoisotopic (exact) mass is 663 g/mol. The van der Waals surface area contributed by atoms with Gasteiger partial charge in [-0.15, -0.1) is 0 Å². The molecule has 4 aromatic rings. The molecule has 0 aliphatic carbocycles. The van der Waals surface area contributed by atoms with Crippen molar-refractivity contribution < 1.29 is 27.8 Å². The molecule has 4 heterocycles. The first-order valence-electron chi connectivity index (χ1n) is 16.0. The Morgan fingerprint density at radius 2 is 1.73 bits per heavy atom. The van der Waals surface area contributed by atoms with Crippen molar-refractivity contribution in [1.82, 2.24) is 25.1 Å². The van der Waals surface area contributed by atoms with Crippen molar-refractivity contribution in [2.75, 3.05) is 30.3 Å². The van der Waals surface area contributed by atoms with E-state index in [2.05, 4.69) is 41.2 Å². The van der Waals surface area contributed by atoms with Crippen LogP contribution in [0.3, 0.4) is 0 Å². The minimum Gasteiger partial charge on any atom is -0.480 e. The maximum absolute atomic E-state index is 14.9. The molecule has 4 N–H and O–H groups in total. The Morgan fingerprint density at radius 3 is 2.31 bits per heavy atom. The fraction of sp³-hybridized carbons (Fsp3) is 0.429. The maximum atomic E-state index is 14.9. The molecule has 0 saturated carbocycles. The normalized spacial score (nSPS) is 18.6. The smallest absolute Gasteiger partial charge is 0.429 e. The number of hydrogen-bond donors (Lipinski definition) is 3. The third kappa shape index (κ3) is 6.96. The highest BCUT2D eigenvalue weighted by Crippen LogP contribution is 2.43. The van der Waals surface area contributed by atoms with Crippen LogP contribution in [0.25, 0.3) is 16.8 Å². The molecule has 2 aliphatic heterocycles. The van der Waals surface area contributed by atoms with E-state index in [0.29, 0.717) is 50.4 Å². The Morgan fingerprint density at radius 1 is 1.04 bits per heavy atom. The lowest BCUT2D eigenvalue weighted by molar-refractivity contribution is -0.198. The van der Waals surface area contributed by atoms with Crippen LogP contribution in [0.1, 0.15) is 63.0 Å². The quantitative estimate of drug-likeness (QED) is 0.211. The molecule has 10 nitrogen and oxygen atoms in total. The van der Waals surface area contributed by atoms with Gasteiger partial charge in [-0.05, 0) is 65.8 Å². The molecule has 13 heteroatoms. The lowest BCUT2D eigenvalue weighted by Gasteiger charge is -2.39. The minimum atomic E-state index is -4.82. The number of aryl methyl sites for hydroxylation is 1. The first-order valence-corrected chi connectivity index (χ1v) is 16.0. The summed E-state index contributed by atoms with van der Waals surface area (Å²) in [7, 11) is 0. The van der Waals surface area contributed by atoms with Gasteiger partial charge in [0.1, 0.15) is 11.9 Å². The van der Waals surface area contributed by atoms with E-state index in [4.69, 9.17) is 10.5 Å². The van der Waals surface area contributed by atoms with E-state index in [9.17, 15) is 23.1 Å². The average molecular weight is 664 g/mol. The molecule has 1 unspecified atom stereocenters. The highest BCUT2D eigenvalue weighted by Gasteiger charge is 2.46. The number of carbonyl (C=O) groups is 1. The summed E-state index contributed by atoms with van der Waals surface area (Å²) in [6.45, 7) is 9.80. The number of rotatable bonds is 7. The van der Waals surface area contributed by atoms with Gasteiger partial charge < -0.3 is 25.8 Å². The third-order valence-electron chi connectivity index (χ3n) is 9.42.